The molecule has 1 N–H and O–H groups in total. The molecule has 2 rings (SSSR count). The van der Waals surface area contributed by atoms with Crippen molar-refractivity contribution in [1.82, 2.24) is 0 Å². The van der Waals surface area contributed by atoms with E-state index in [2.05, 4.69) is 6.92 Å². The lowest BCUT2D eigenvalue weighted by molar-refractivity contribution is 0.0103. The summed E-state index contributed by atoms with van der Waals surface area (Å²) in [7, 11) is 0. The first-order valence-electron chi connectivity index (χ1n) is 5.74. The van der Waals surface area contributed by atoms with E-state index in [-0.39, 0.29) is 0 Å². The van der Waals surface area contributed by atoms with Crippen molar-refractivity contribution in [2.45, 2.75) is 51.0 Å². The first-order valence-corrected chi connectivity index (χ1v) is 5.74. The minimum atomic E-state index is -0.544. The van der Waals surface area contributed by atoms with Gasteiger partial charge in [0, 0.05) is 0 Å². The molecule has 0 spiro atoms. The van der Waals surface area contributed by atoms with Crippen molar-refractivity contribution >= 4 is 0 Å². The van der Waals surface area contributed by atoms with Gasteiger partial charge >= 0.3 is 0 Å². The van der Waals surface area contributed by atoms with E-state index in [1.54, 1.807) is 0 Å². The monoisotopic (exact) mass is 196 g/mol. The summed E-state index contributed by atoms with van der Waals surface area (Å²) in [5.41, 5.74) is 0.591. The number of hydrogen-bond donors (Lipinski definition) is 1. The standard InChI is InChI=1S/C12H20O2/c1-10-4-2-6-12(13,8-10)11-5-3-7-14-9-11/h9-10,13H,2-8H2,1H3. The largest absolute Gasteiger partial charge is 0.501 e. The molecule has 0 amide bonds. The van der Waals surface area contributed by atoms with Crippen LogP contribution < -0.4 is 0 Å². The Morgan fingerprint density at radius 1 is 1.50 bits per heavy atom. The van der Waals surface area contributed by atoms with Crippen molar-refractivity contribution in [2.24, 2.45) is 5.92 Å². The van der Waals surface area contributed by atoms with Gasteiger partial charge in [-0.25, -0.2) is 0 Å². The fourth-order valence-corrected chi connectivity index (χ4v) is 2.72. The van der Waals surface area contributed by atoms with Crippen LogP contribution >= 0.6 is 0 Å². The summed E-state index contributed by atoms with van der Waals surface area (Å²) in [6.45, 7) is 3.05. The molecule has 1 aliphatic carbocycles. The Bertz CT molecular complexity index is 234. The minimum absolute atomic E-state index is 0.544. The second-order valence-electron chi connectivity index (χ2n) is 4.85. The summed E-state index contributed by atoms with van der Waals surface area (Å²) >= 11 is 0. The Balaban J connectivity index is 2.09. The predicted octanol–water partition coefficient (Wildman–Crippen LogP) is 2.62. The smallest absolute Gasteiger partial charge is 0.0891 e. The summed E-state index contributed by atoms with van der Waals surface area (Å²) in [5, 5.41) is 10.5. The van der Waals surface area contributed by atoms with Crippen molar-refractivity contribution in [3.05, 3.63) is 11.8 Å². The maximum absolute atomic E-state index is 10.5. The highest BCUT2D eigenvalue weighted by Crippen LogP contribution is 2.39. The third-order valence-electron chi connectivity index (χ3n) is 3.51. The fraction of sp³-hybridized carbons (Fsp3) is 0.833. The first kappa shape index (κ1) is 10.0. The van der Waals surface area contributed by atoms with E-state index in [0.717, 1.165) is 44.3 Å². The van der Waals surface area contributed by atoms with Crippen LogP contribution in [0.15, 0.2) is 11.8 Å². The molecule has 2 nitrogen and oxygen atoms in total. The summed E-state index contributed by atoms with van der Waals surface area (Å²) in [4.78, 5) is 0. The van der Waals surface area contributed by atoms with Crippen molar-refractivity contribution in [1.29, 1.82) is 0 Å². The Kier molecular flexibility index (Phi) is 2.82. The average molecular weight is 196 g/mol. The molecule has 0 bridgehead atoms. The van der Waals surface area contributed by atoms with Crippen LogP contribution in [0.25, 0.3) is 0 Å². The molecule has 2 unspecified atom stereocenters. The zero-order valence-electron chi connectivity index (χ0n) is 8.96. The van der Waals surface area contributed by atoms with Gasteiger partial charge < -0.3 is 9.84 Å². The number of hydrogen-bond acceptors (Lipinski definition) is 2. The summed E-state index contributed by atoms with van der Waals surface area (Å²) in [6, 6.07) is 0. The second kappa shape index (κ2) is 3.93. The van der Waals surface area contributed by atoms with Crippen molar-refractivity contribution in [3.8, 4) is 0 Å². The molecule has 0 saturated heterocycles. The van der Waals surface area contributed by atoms with E-state index < -0.39 is 5.60 Å². The van der Waals surface area contributed by atoms with Crippen LogP contribution in [0.4, 0.5) is 0 Å². The molecule has 1 saturated carbocycles. The quantitative estimate of drug-likeness (QED) is 0.698. The number of ether oxygens (including phenoxy) is 1. The molecule has 0 aromatic rings. The Morgan fingerprint density at radius 2 is 2.36 bits per heavy atom. The minimum Gasteiger partial charge on any atom is -0.501 e. The molecular weight excluding hydrogens is 176 g/mol. The van der Waals surface area contributed by atoms with Gasteiger partial charge in [0.25, 0.3) is 0 Å². The van der Waals surface area contributed by atoms with Gasteiger partial charge in [-0.2, -0.15) is 0 Å². The SMILES string of the molecule is CC1CCCC(O)(C2=COCCC2)C1. The third-order valence-corrected chi connectivity index (χ3v) is 3.51. The average Bonchev–Trinajstić information content (AvgIpc) is 2.19. The number of rotatable bonds is 1. The first-order chi connectivity index (χ1) is 6.71. The molecule has 2 aliphatic rings. The van der Waals surface area contributed by atoms with Crippen LogP contribution in [-0.4, -0.2) is 17.3 Å². The normalized spacial score (nSPS) is 38.7. The second-order valence-corrected chi connectivity index (χ2v) is 4.85. The fourth-order valence-electron chi connectivity index (χ4n) is 2.72. The van der Waals surface area contributed by atoms with Crippen molar-refractivity contribution in [2.75, 3.05) is 6.61 Å². The van der Waals surface area contributed by atoms with Gasteiger partial charge in [-0.1, -0.05) is 13.3 Å². The molecule has 2 atom stereocenters. The highest BCUT2D eigenvalue weighted by atomic mass is 16.5. The van der Waals surface area contributed by atoms with Crippen molar-refractivity contribution in [3.63, 3.8) is 0 Å². The van der Waals surface area contributed by atoms with E-state index in [0.29, 0.717) is 5.92 Å². The van der Waals surface area contributed by atoms with Crippen LogP contribution in [-0.2, 0) is 4.74 Å². The molecule has 80 valence electrons. The molecule has 1 aliphatic heterocycles. The number of aliphatic hydroxyl groups is 1. The van der Waals surface area contributed by atoms with Gasteiger partial charge in [-0.3, -0.25) is 0 Å². The highest BCUT2D eigenvalue weighted by molar-refractivity contribution is 5.17. The topological polar surface area (TPSA) is 29.5 Å². The predicted molar refractivity (Wildman–Crippen MR) is 55.9 cm³/mol. The van der Waals surface area contributed by atoms with Gasteiger partial charge in [0.05, 0.1) is 18.5 Å². The Morgan fingerprint density at radius 3 is 3.00 bits per heavy atom. The van der Waals surface area contributed by atoms with E-state index in [1.807, 2.05) is 6.26 Å². The van der Waals surface area contributed by atoms with Gasteiger partial charge in [-0.15, -0.1) is 0 Å². The van der Waals surface area contributed by atoms with Gasteiger partial charge in [-0.05, 0) is 43.6 Å². The lowest BCUT2D eigenvalue weighted by atomic mass is 9.74. The van der Waals surface area contributed by atoms with Crippen LogP contribution in [0.1, 0.15) is 45.4 Å². The van der Waals surface area contributed by atoms with E-state index in [9.17, 15) is 5.11 Å². The van der Waals surface area contributed by atoms with Gasteiger partial charge in [0.2, 0.25) is 0 Å². The molecule has 0 aromatic carbocycles. The van der Waals surface area contributed by atoms with E-state index in [1.165, 1.54) is 6.42 Å². The molecule has 2 heteroatoms. The summed E-state index contributed by atoms with van der Waals surface area (Å²) in [6.07, 6.45) is 8.13. The van der Waals surface area contributed by atoms with Crippen LogP contribution in [0.2, 0.25) is 0 Å². The van der Waals surface area contributed by atoms with Crippen molar-refractivity contribution < 1.29 is 9.84 Å². The van der Waals surface area contributed by atoms with E-state index >= 15 is 0 Å². The Labute approximate surface area is 86.0 Å². The third kappa shape index (κ3) is 1.95. The van der Waals surface area contributed by atoms with Crippen LogP contribution in [0, 0.1) is 5.92 Å². The molecule has 14 heavy (non-hydrogen) atoms. The highest BCUT2D eigenvalue weighted by Gasteiger charge is 2.36. The van der Waals surface area contributed by atoms with Gasteiger partial charge in [0.15, 0.2) is 0 Å². The zero-order chi connectivity index (χ0) is 10.0. The molecule has 1 heterocycles. The molecule has 1 fully saturated rings. The maximum Gasteiger partial charge on any atom is 0.0891 e. The summed E-state index contributed by atoms with van der Waals surface area (Å²) in [5.74, 6) is 0.650. The van der Waals surface area contributed by atoms with Crippen LogP contribution in [0.3, 0.4) is 0 Å². The lowest BCUT2D eigenvalue weighted by Gasteiger charge is -2.38. The molecule has 0 radical (unpaired) electrons. The van der Waals surface area contributed by atoms with Crippen LogP contribution in [0.5, 0.6) is 0 Å². The van der Waals surface area contributed by atoms with Gasteiger partial charge in [0.1, 0.15) is 0 Å². The Hall–Kier alpha value is -0.500. The maximum atomic E-state index is 10.5. The molecular formula is C12H20O2. The lowest BCUT2D eigenvalue weighted by Crippen LogP contribution is -2.37. The van der Waals surface area contributed by atoms with E-state index in [4.69, 9.17) is 4.74 Å². The zero-order valence-corrected chi connectivity index (χ0v) is 8.96. The summed E-state index contributed by atoms with van der Waals surface area (Å²) < 4.78 is 5.31. The molecule has 0 aromatic heterocycles.